The molecule has 0 bridgehead atoms. The zero-order valence-corrected chi connectivity index (χ0v) is 25.2. The van der Waals surface area contributed by atoms with Crippen molar-refractivity contribution < 1.29 is 23.0 Å². The van der Waals surface area contributed by atoms with E-state index in [-0.39, 0.29) is 24.8 Å². The molecule has 2 atom stereocenters. The van der Waals surface area contributed by atoms with Crippen molar-refractivity contribution in [2.45, 2.75) is 32.5 Å². The van der Waals surface area contributed by atoms with Gasteiger partial charge in [-0.15, -0.1) is 0 Å². The number of halogens is 2. The second-order valence-corrected chi connectivity index (χ2v) is 10.3. The summed E-state index contributed by atoms with van der Waals surface area (Å²) in [6, 6.07) is 5.95. The summed E-state index contributed by atoms with van der Waals surface area (Å²) in [7, 11) is 0. The van der Waals surface area contributed by atoms with Crippen LogP contribution in [-0.2, 0) is 9.47 Å². The number of fused-ring (bicyclic) bond motifs is 1. The first-order chi connectivity index (χ1) is 20.8. The number of benzene rings is 1. The second-order valence-electron chi connectivity index (χ2n) is 9.71. The summed E-state index contributed by atoms with van der Waals surface area (Å²) in [6.07, 6.45) is 8.69. The fourth-order valence-corrected chi connectivity index (χ4v) is 4.91. The van der Waals surface area contributed by atoms with E-state index in [2.05, 4.69) is 30.8 Å². The van der Waals surface area contributed by atoms with E-state index in [9.17, 15) is 13.6 Å². The molecule has 4 rings (SSSR count). The van der Waals surface area contributed by atoms with E-state index in [4.69, 9.17) is 15.2 Å². The molecule has 4 N–H and O–H groups in total. The van der Waals surface area contributed by atoms with Gasteiger partial charge in [-0.2, -0.15) is 5.10 Å². The minimum Gasteiger partial charge on any atom is -0.463 e. The lowest BCUT2D eigenvalue weighted by atomic mass is 10.1. The number of aliphatic imine (C=N–C) groups is 1. The highest BCUT2D eigenvalue weighted by molar-refractivity contribution is 7.99. The van der Waals surface area contributed by atoms with Gasteiger partial charge in [-0.1, -0.05) is 24.1 Å². The first kappa shape index (κ1) is 32.0. The van der Waals surface area contributed by atoms with Gasteiger partial charge in [0.1, 0.15) is 5.83 Å². The summed E-state index contributed by atoms with van der Waals surface area (Å²) in [5, 5.41) is 6.71. The average molecular weight is 614 g/mol. The third-order valence-corrected chi connectivity index (χ3v) is 7.15. The maximum Gasteiger partial charge on any atom is 0.213 e. The number of ketones is 1. The SMILES string of the molecule is C/C=C/C(=N/C=C(\C)N(CN)/N=C\CC(=O)c1cc2cc(N3CCOCC3)c(NSC)cc2[nH]1)OC1C(F)=CC=CC1F. The second kappa shape index (κ2) is 15.5. The van der Waals surface area contributed by atoms with Crippen LogP contribution in [0.2, 0.25) is 0 Å². The van der Waals surface area contributed by atoms with Crippen LogP contribution in [0.3, 0.4) is 0 Å². The van der Waals surface area contributed by atoms with Crippen LogP contribution < -0.4 is 15.4 Å². The molecule has 0 spiro atoms. The molecule has 2 unspecified atom stereocenters. The predicted molar refractivity (Wildman–Crippen MR) is 171 cm³/mol. The lowest BCUT2D eigenvalue weighted by Gasteiger charge is -2.30. The van der Waals surface area contributed by atoms with Gasteiger partial charge in [0.15, 0.2) is 18.1 Å². The van der Waals surface area contributed by atoms with Crippen LogP contribution in [0, 0.1) is 0 Å². The Balaban J connectivity index is 1.43. The summed E-state index contributed by atoms with van der Waals surface area (Å²) in [6.45, 7) is 6.42. The van der Waals surface area contributed by atoms with E-state index in [1.54, 1.807) is 19.9 Å². The topological polar surface area (TPSA) is 121 Å². The van der Waals surface area contributed by atoms with Crippen LogP contribution in [0.25, 0.3) is 10.9 Å². The number of nitrogens with one attached hydrogen (secondary N) is 2. The Labute approximate surface area is 254 Å². The van der Waals surface area contributed by atoms with E-state index in [1.807, 2.05) is 18.4 Å². The zero-order valence-electron chi connectivity index (χ0n) is 24.4. The molecule has 0 radical (unpaired) electrons. The quantitative estimate of drug-likeness (QED) is 0.0722. The Kier molecular flexibility index (Phi) is 11.5. The van der Waals surface area contributed by atoms with E-state index >= 15 is 0 Å². The normalized spacial score (nSPS) is 19.9. The number of hydrogen-bond acceptors (Lipinski definition) is 10. The molecule has 13 heteroatoms. The van der Waals surface area contributed by atoms with Crippen LogP contribution >= 0.6 is 11.9 Å². The number of carbonyl (C=O) groups excluding carboxylic acids is 1. The number of alkyl halides is 1. The number of nitrogens with zero attached hydrogens (tertiary/aromatic N) is 4. The number of aromatic amines is 1. The number of Topliss-reactive ketones (excluding diaryl/α,β-unsaturated/α-hetero) is 1. The van der Waals surface area contributed by atoms with Crippen LogP contribution in [0.5, 0.6) is 0 Å². The zero-order chi connectivity index (χ0) is 30.8. The van der Waals surface area contributed by atoms with Gasteiger partial charge in [0.25, 0.3) is 0 Å². The molecule has 0 saturated carbocycles. The summed E-state index contributed by atoms with van der Waals surface area (Å²) < 4.78 is 42.5. The average Bonchev–Trinajstić information content (AvgIpc) is 3.43. The molecule has 2 aromatic rings. The van der Waals surface area contributed by atoms with E-state index in [0.29, 0.717) is 24.6 Å². The first-order valence-corrected chi connectivity index (χ1v) is 15.1. The fraction of sp³-hybridized carbons (Fsp3) is 0.367. The number of H-pyrrole nitrogens is 1. The predicted octanol–water partition coefficient (Wildman–Crippen LogP) is 5.45. The van der Waals surface area contributed by atoms with Gasteiger partial charge in [0.2, 0.25) is 5.90 Å². The number of rotatable bonds is 12. The largest absolute Gasteiger partial charge is 0.463 e. The number of allylic oxidation sites excluding steroid dienone is 4. The van der Waals surface area contributed by atoms with Crippen LogP contribution in [0.15, 0.2) is 76.4 Å². The molecule has 1 aliphatic carbocycles. The minimum atomic E-state index is -1.63. The van der Waals surface area contributed by atoms with Gasteiger partial charge in [-0.25, -0.2) is 13.8 Å². The molecule has 2 aliphatic rings. The summed E-state index contributed by atoms with van der Waals surface area (Å²) in [5.74, 6) is -0.837. The maximum atomic E-state index is 14.1. The molecule has 0 amide bonds. The maximum absolute atomic E-state index is 14.1. The monoisotopic (exact) mass is 613 g/mol. The molecular formula is C30H37F2N7O3S. The molecular weight excluding hydrogens is 576 g/mol. The summed E-state index contributed by atoms with van der Waals surface area (Å²) in [5.41, 5.74) is 9.77. The molecule has 1 aromatic carbocycles. The minimum absolute atomic E-state index is 0.0155. The molecule has 1 aliphatic heterocycles. The number of hydrogen-bond donors (Lipinski definition) is 3. The van der Waals surface area contributed by atoms with Crippen LogP contribution in [-0.4, -0.2) is 79.4 Å². The Morgan fingerprint density at radius 2 is 2.14 bits per heavy atom. The highest BCUT2D eigenvalue weighted by Gasteiger charge is 2.28. The Morgan fingerprint density at radius 1 is 1.35 bits per heavy atom. The van der Waals surface area contributed by atoms with Gasteiger partial charge in [0, 0.05) is 42.9 Å². The molecule has 1 aromatic heterocycles. The van der Waals surface area contributed by atoms with Gasteiger partial charge in [-0.3, -0.25) is 9.80 Å². The van der Waals surface area contributed by atoms with Crippen molar-refractivity contribution in [3.8, 4) is 0 Å². The summed E-state index contributed by atoms with van der Waals surface area (Å²) in [4.78, 5) is 22.8. The molecule has 2 heterocycles. The van der Waals surface area contributed by atoms with Gasteiger partial charge >= 0.3 is 0 Å². The Hall–Kier alpha value is -3.94. The van der Waals surface area contributed by atoms with Crippen molar-refractivity contribution in [2.75, 3.05) is 48.8 Å². The lowest BCUT2D eigenvalue weighted by Crippen LogP contribution is -2.36. The highest BCUT2D eigenvalue weighted by atomic mass is 32.2. The van der Waals surface area contributed by atoms with Gasteiger partial charge in [0.05, 0.1) is 48.8 Å². The van der Waals surface area contributed by atoms with E-state index < -0.39 is 18.1 Å². The van der Waals surface area contributed by atoms with Crippen LogP contribution in [0.4, 0.5) is 20.2 Å². The third-order valence-electron chi connectivity index (χ3n) is 6.73. The van der Waals surface area contributed by atoms with Crippen LogP contribution in [0.1, 0.15) is 30.8 Å². The third kappa shape index (κ3) is 8.33. The number of ether oxygens (including phenoxy) is 2. The molecule has 10 nitrogen and oxygen atoms in total. The molecule has 1 saturated heterocycles. The number of aromatic nitrogens is 1. The smallest absolute Gasteiger partial charge is 0.213 e. The Bertz CT molecular complexity index is 1460. The van der Waals surface area contributed by atoms with Gasteiger partial charge < -0.3 is 29.8 Å². The number of carbonyl (C=O) groups is 1. The van der Waals surface area contributed by atoms with Crippen molar-refractivity contribution in [2.24, 2.45) is 15.8 Å². The molecule has 230 valence electrons. The van der Waals surface area contributed by atoms with Crippen molar-refractivity contribution in [3.63, 3.8) is 0 Å². The number of anilines is 2. The van der Waals surface area contributed by atoms with Crippen molar-refractivity contribution in [1.29, 1.82) is 0 Å². The van der Waals surface area contributed by atoms with E-state index in [0.717, 1.165) is 41.4 Å². The number of nitrogens with two attached hydrogens (primary N) is 1. The standard InChI is InChI=1S/C30H37F2N7O3S/c1-4-6-29(42-30-22(31)7-5-8-23(30)32)34-18-20(2)39(19-33)35-10-9-28(40)26-15-21-16-27(38-11-13-41-14-12-38)25(37-43-3)17-24(21)36-26/h4-8,10,15-18,22,30,36-37H,9,11-14,19,33H2,1-3H3/b6-4+,20-18+,34-29-,35-10-. The molecule has 1 fully saturated rings. The highest BCUT2D eigenvalue weighted by Crippen LogP contribution is 2.33. The number of morpholine rings is 1. The van der Waals surface area contributed by atoms with Crippen molar-refractivity contribution in [3.05, 3.63) is 72.0 Å². The van der Waals surface area contributed by atoms with Crippen molar-refractivity contribution >= 4 is 52.1 Å². The van der Waals surface area contributed by atoms with Gasteiger partial charge in [-0.05, 0) is 50.3 Å². The molecule has 43 heavy (non-hydrogen) atoms. The summed E-state index contributed by atoms with van der Waals surface area (Å²) >= 11 is 1.51. The Morgan fingerprint density at radius 3 is 2.84 bits per heavy atom. The lowest BCUT2D eigenvalue weighted by molar-refractivity contribution is 0.0997. The van der Waals surface area contributed by atoms with E-state index in [1.165, 1.54) is 47.6 Å². The number of hydrazone groups is 1. The van der Waals surface area contributed by atoms with Crippen molar-refractivity contribution in [1.82, 2.24) is 9.99 Å². The first-order valence-electron chi connectivity index (χ1n) is 13.9. The fourth-order valence-electron chi connectivity index (χ4n) is 4.52.